The van der Waals surface area contributed by atoms with Crippen molar-refractivity contribution in [2.24, 2.45) is 39.9 Å². The highest BCUT2D eigenvalue weighted by molar-refractivity contribution is 5.30. The van der Waals surface area contributed by atoms with Crippen molar-refractivity contribution < 1.29 is 9.31 Å². The zero-order valence-electron chi connectivity index (χ0n) is 20.7. The molecule has 6 bridgehead atoms. The number of hydrogen-bond donors (Lipinski definition) is 0. The lowest BCUT2D eigenvalue weighted by Gasteiger charge is -2.72. The van der Waals surface area contributed by atoms with E-state index in [0.29, 0.717) is 22.3 Å². The van der Waals surface area contributed by atoms with Crippen LogP contribution in [0.3, 0.4) is 0 Å². The van der Waals surface area contributed by atoms with Crippen LogP contribution < -0.4 is 0 Å². The van der Waals surface area contributed by atoms with E-state index in [9.17, 15) is 0 Å². The summed E-state index contributed by atoms with van der Waals surface area (Å²) in [7, 11) is 0. The first kappa shape index (κ1) is 21.4. The monoisotopic (exact) mass is 434 g/mol. The highest BCUT2D eigenvalue weighted by atomic mass is 16.5. The minimum Gasteiger partial charge on any atom is -0.377 e. The predicted molar refractivity (Wildman–Crippen MR) is 131 cm³/mol. The second-order valence-electron chi connectivity index (χ2n) is 12.8. The second kappa shape index (κ2) is 7.42. The molecule has 2 saturated heterocycles. The fourth-order valence-corrected chi connectivity index (χ4v) is 10.8. The van der Waals surface area contributed by atoms with Crippen LogP contribution in [0.15, 0.2) is 30.3 Å². The minimum absolute atomic E-state index is 0.449. The maximum atomic E-state index is 6.22. The van der Waals surface area contributed by atoms with E-state index in [1.54, 1.807) is 0 Å². The third-order valence-electron chi connectivity index (χ3n) is 11.7. The van der Waals surface area contributed by atoms with Crippen molar-refractivity contribution in [2.75, 3.05) is 6.61 Å². The van der Waals surface area contributed by atoms with Gasteiger partial charge in [-0.15, -0.1) is 0 Å². The fraction of sp³-hybridized carbons (Fsp3) is 0.767. The lowest BCUT2D eigenvalue weighted by Crippen LogP contribution is -2.79. The van der Waals surface area contributed by atoms with Crippen LogP contribution in [0.25, 0.3) is 0 Å². The Kier molecular flexibility index (Phi) is 4.96. The number of ether oxygens (including phenoxy) is 1. The number of benzene rings is 1. The molecule has 0 radical (unpaired) electrons. The summed E-state index contributed by atoms with van der Waals surface area (Å²) in [6.07, 6.45) is 12.8. The molecule has 2 heteroatoms. The lowest BCUT2D eigenvalue weighted by atomic mass is 9.33. The summed E-state index contributed by atoms with van der Waals surface area (Å²) >= 11 is 0. The Morgan fingerprint density at radius 1 is 1.06 bits per heavy atom. The van der Waals surface area contributed by atoms with Crippen molar-refractivity contribution in [3.8, 4) is 0 Å². The Morgan fingerprint density at radius 2 is 1.88 bits per heavy atom. The normalized spacial score (nSPS) is 46.1. The van der Waals surface area contributed by atoms with Crippen LogP contribution in [-0.2, 0) is 11.3 Å². The van der Waals surface area contributed by atoms with Gasteiger partial charge in [0.25, 0.3) is 0 Å². The summed E-state index contributed by atoms with van der Waals surface area (Å²) in [5, 5.41) is 0. The Balaban J connectivity index is 1.31. The van der Waals surface area contributed by atoms with Gasteiger partial charge >= 0.3 is 0 Å². The van der Waals surface area contributed by atoms with Crippen molar-refractivity contribution in [1.29, 1.82) is 0 Å². The standard InChI is InChI=1S/C30H44NO/c1-21(2)23-13-17-28(3)24-14-18-29-15-8-12-25(29)30(28,26(23)31(4)27(24)29)16-9-19-32-20-22-10-6-5-7-11-22/h5-7,10-11,21,23-27H,4,8-9,12-20H2,1-3H3/q+1/t23?,24-,25-,26?,27-,28+,29-,30+/m1/s1. The van der Waals surface area contributed by atoms with E-state index in [1.807, 2.05) is 0 Å². The van der Waals surface area contributed by atoms with Gasteiger partial charge in [-0.2, -0.15) is 0 Å². The SMILES string of the molecule is C=[N+]1C2C(C(C)C)CC[C@@]3(C)[C@@H]4CC[C@@]5(CCC[C@H]5[C@@]23CCCOCc2ccccc2)[C@@H]41. The van der Waals surface area contributed by atoms with Crippen LogP contribution in [0.4, 0.5) is 0 Å². The van der Waals surface area contributed by atoms with Gasteiger partial charge in [0, 0.05) is 29.3 Å². The number of piperidine rings is 2. The molecule has 4 aliphatic carbocycles. The van der Waals surface area contributed by atoms with Gasteiger partial charge in [0.05, 0.1) is 6.61 Å². The average molecular weight is 435 g/mol. The summed E-state index contributed by atoms with van der Waals surface area (Å²) in [4.78, 5) is 0. The van der Waals surface area contributed by atoms with Crippen molar-refractivity contribution in [3.05, 3.63) is 35.9 Å². The minimum atomic E-state index is 0.449. The molecule has 2 aliphatic heterocycles. The molecule has 0 aromatic heterocycles. The summed E-state index contributed by atoms with van der Waals surface area (Å²) in [5.41, 5.74) is 2.84. The fourth-order valence-electron chi connectivity index (χ4n) is 10.8. The van der Waals surface area contributed by atoms with E-state index in [0.717, 1.165) is 42.9 Å². The summed E-state index contributed by atoms with van der Waals surface area (Å²) < 4.78 is 8.98. The molecule has 7 rings (SSSR count). The van der Waals surface area contributed by atoms with Crippen LogP contribution >= 0.6 is 0 Å². The van der Waals surface area contributed by atoms with Crippen molar-refractivity contribution >= 4 is 6.72 Å². The van der Waals surface area contributed by atoms with Gasteiger partial charge in [0.2, 0.25) is 0 Å². The third kappa shape index (κ3) is 2.54. The largest absolute Gasteiger partial charge is 0.377 e. The topological polar surface area (TPSA) is 12.2 Å². The van der Waals surface area contributed by atoms with Gasteiger partial charge in [0.1, 0.15) is 6.72 Å². The molecule has 1 spiro atoms. The van der Waals surface area contributed by atoms with Gasteiger partial charge in [-0.1, -0.05) is 57.5 Å². The highest BCUT2D eigenvalue weighted by Crippen LogP contribution is 2.82. The van der Waals surface area contributed by atoms with E-state index in [1.165, 1.54) is 63.4 Å². The van der Waals surface area contributed by atoms with Crippen LogP contribution in [0.5, 0.6) is 0 Å². The van der Waals surface area contributed by atoms with E-state index >= 15 is 0 Å². The van der Waals surface area contributed by atoms with Gasteiger partial charge in [-0.25, -0.2) is 4.58 Å². The summed E-state index contributed by atoms with van der Waals surface area (Å²) in [5.74, 6) is 3.38. The van der Waals surface area contributed by atoms with Crippen molar-refractivity contribution in [2.45, 2.75) is 97.2 Å². The second-order valence-corrected chi connectivity index (χ2v) is 12.8. The maximum absolute atomic E-state index is 6.22. The van der Waals surface area contributed by atoms with Gasteiger partial charge in [-0.05, 0) is 74.2 Å². The molecule has 2 unspecified atom stereocenters. The first-order valence-corrected chi connectivity index (χ1v) is 13.7. The molecule has 4 saturated carbocycles. The summed E-state index contributed by atoms with van der Waals surface area (Å²) in [6, 6.07) is 12.1. The van der Waals surface area contributed by atoms with Crippen LogP contribution in [0.1, 0.15) is 84.1 Å². The third-order valence-corrected chi connectivity index (χ3v) is 11.7. The first-order valence-electron chi connectivity index (χ1n) is 13.7. The molecule has 2 heterocycles. The van der Waals surface area contributed by atoms with Crippen LogP contribution in [0, 0.1) is 39.9 Å². The molecule has 6 aliphatic rings. The number of nitrogens with zero attached hydrogens (tertiary/aromatic N) is 1. The van der Waals surface area contributed by atoms with Crippen LogP contribution in [-0.4, -0.2) is 30.0 Å². The van der Waals surface area contributed by atoms with E-state index in [-0.39, 0.29) is 0 Å². The quantitative estimate of drug-likeness (QED) is 0.343. The lowest BCUT2D eigenvalue weighted by molar-refractivity contribution is -0.694. The van der Waals surface area contributed by atoms with Gasteiger partial charge in [0.15, 0.2) is 12.1 Å². The van der Waals surface area contributed by atoms with Crippen LogP contribution in [0.2, 0.25) is 0 Å². The molecular weight excluding hydrogens is 390 g/mol. The summed E-state index contributed by atoms with van der Waals surface area (Å²) in [6.45, 7) is 14.3. The van der Waals surface area contributed by atoms with Gasteiger partial charge < -0.3 is 4.74 Å². The first-order chi connectivity index (χ1) is 15.5. The molecule has 32 heavy (non-hydrogen) atoms. The Labute approximate surface area is 195 Å². The molecule has 2 nitrogen and oxygen atoms in total. The highest BCUT2D eigenvalue weighted by Gasteiger charge is 2.84. The Morgan fingerprint density at radius 3 is 2.66 bits per heavy atom. The van der Waals surface area contributed by atoms with Crippen molar-refractivity contribution in [3.63, 3.8) is 0 Å². The van der Waals surface area contributed by atoms with E-state index in [4.69, 9.17) is 11.5 Å². The Bertz CT molecular complexity index is 878. The van der Waals surface area contributed by atoms with Crippen molar-refractivity contribution in [1.82, 2.24) is 0 Å². The Hall–Kier alpha value is -1.15. The molecule has 8 atom stereocenters. The average Bonchev–Trinajstić information content (AvgIpc) is 3.38. The molecule has 174 valence electrons. The zero-order chi connectivity index (χ0) is 22.1. The number of hydrogen-bond acceptors (Lipinski definition) is 1. The molecule has 1 aromatic carbocycles. The molecule has 0 amide bonds. The zero-order valence-corrected chi connectivity index (χ0v) is 20.7. The predicted octanol–water partition coefficient (Wildman–Crippen LogP) is 6.72. The van der Waals surface area contributed by atoms with E-state index < -0.39 is 0 Å². The molecule has 1 aromatic rings. The molecule has 0 N–H and O–H groups in total. The smallest absolute Gasteiger partial charge is 0.161 e. The molecular formula is C30H44NO+. The molecule has 6 fully saturated rings. The number of rotatable bonds is 7. The maximum Gasteiger partial charge on any atom is 0.161 e. The van der Waals surface area contributed by atoms with Gasteiger partial charge in [-0.3, -0.25) is 0 Å². The van der Waals surface area contributed by atoms with E-state index in [2.05, 4.69) is 55.7 Å².